The van der Waals surface area contributed by atoms with Crippen molar-refractivity contribution in [3.8, 4) is 5.75 Å². The van der Waals surface area contributed by atoms with Gasteiger partial charge < -0.3 is 24.7 Å². The van der Waals surface area contributed by atoms with Gasteiger partial charge in [0.15, 0.2) is 15.4 Å². The number of ketones is 1. The number of Topliss-reactive ketones (excluding diaryl/α,β-unsaturated/α-hetero) is 1. The monoisotopic (exact) mass is 530 g/mol. The maximum Gasteiger partial charge on any atom is 0.317 e. The average molecular weight is 531 g/mol. The Kier molecular flexibility index (Phi) is 8.87. The molecule has 2 atom stereocenters. The molecule has 2 N–H and O–H groups in total. The van der Waals surface area contributed by atoms with Gasteiger partial charge in [0, 0.05) is 19.7 Å². The van der Waals surface area contributed by atoms with Crippen LogP contribution in [0, 0.1) is 0 Å². The van der Waals surface area contributed by atoms with Gasteiger partial charge in [-0.3, -0.25) is 9.59 Å². The highest BCUT2D eigenvalue weighted by molar-refractivity contribution is 7.90. The summed E-state index contributed by atoms with van der Waals surface area (Å²) in [5.41, 5.74) is 1.33. The lowest BCUT2D eigenvalue weighted by Gasteiger charge is -2.23. The quantitative estimate of drug-likeness (QED) is 0.359. The molecule has 3 aromatic rings. The van der Waals surface area contributed by atoms with E-state index in [0.29, 0.717) is 22.4 Å². The van der Waals surface area contributed by atoms with Gasteiger partial charge in [-0.1, -0.05) is 37.3 Å². The summed E-state index contributed by atoms with van der Waals surface area (Å²) in [6, 6.07) is 10.3. The van der Waals surface area contributed by atoms with Crippen molar-refractivity contribution in [1.29, 1.82) is 0 Å². The second kappa shape index (κ2) is 11.9. The van der Waals surface area contributed by atoms with E-state index in [0.717, 1.165) is 0 Å². The third-order valence-corrected chi connectivity index (χ3v) is 7.15. The molecule has 0 aliphatic heterocycles. The standard InChI is InChI=1S/C25H30N4O7S/c1-5-17(22(30)24-27-18-11-7-9-13-21(18)36-24)26-23(31)19(28-25(32)29(2)3)15-37(33,34)14-16-10-6-8-12-20(16)35-4/h6-13,17,19H,5,14-15H2,1-4H3,(H,26,31)(H,28,32). The minimum absolute atomic E-state index is 0.175. The number of urea groups is 1. The largest absolute Gasteiger partial charge is 0.496 e. The zero-order valence-corrected chi connectivity index (χ0v) is 21.9. The summed E-state index contributed by atoms with van der Waals surface area (Å²) in [4.78, 5) is 43.9. The van der Waals surface area contributed by atoms with Crippen molar-refractivity contribution in [3.63, 3.8) is 0 Å². The fourth-order valence-electron chi connectivity index (χ4n) is 3.59. The van der Waals surface area contributed by atoms with Gasteiger partial charge in [-0.25, -0.2) is 18.2 Å². The van der Waals surface area contributed by atoms with E-state index in [1.807, 2.05) is 0 Å². The number of oxazole rings is 1. The van der Waals surface area contributed by atoms with Crippen LogP contribution in [0.4, 0.5) is 4.79 Å². The van der Waals surface area contributed by atoms with Gasteiger partial charge in [-0.2, -0.15) is 0 Å². The molecule has 0 aliphatic carbocycles. The Labute approximate surface area is 215 Å². The van der Waals surface area contributed by atoms with Crippen LogP contribution >= 0.6 is 0 Å². The Hall–Kier alpha value is -3.93. The molecule has 0 saturated heterocycles. The highest BCUT2D eigenvalue weighted by Gasteiger charge is 2.32. The molecule has 0 saturated carbocycles. The van der Waals surface area contributed by atoms with Gasteiger partial charge in [0.25, 0.3) is 5.89 Å². The molecule has 1 aromatic heterocycles. The van der Waals surface area contributed by atoms with E-state index in [9.17, 15) is 22.8 Å². The molecule has 198 valence electrons. The number of sulfone groups is 1. The van der Waals surface area contributed by atoms with Crippen molar-refractivity contribution in [2.24, 2.45) is 0 Å². The molecule has 0 spiro atoms. The van der Waals surface area contributed by atoms with E-state index in [1.54, 1.807) is 55.5 Å². The predicted molar refractivity (Wildman–Crippen MR) is 137 cm³/mol. The van der Waals surface area contributed by atoms with E-state index >= 15 is 0 Å². The number of rotatable bonds is 11. The molecule has 12 heteroatoms. The highest BCUT2D eigenvalue weighted by atomic mass is 32.2. The maximum atomic E-state index is 13.2. The fraction of sp³-hybridized carbons (Fsp3) is 0.360. The lowest BCUT2D eigenvalue weighted by atomic mass is 10.1. The minimum Gasteiger partial charge on any atom is -0.496 e. The number of nitrogens with one attached hydrogen (secondary N) is 2. The predicted octanol–water partition coefficient (Wildman–Crippen LogP) is 2.17. The number of hydrogen-bond donors (Lipinski definition) is 2. The lowest BCUT2D eigenvalue weighted by Crippen LogP contribution is -2.55. The van der Waals surface area contributed by atoms with E-state index in [4.69, 9.17) is 9.15 Å². The first-order chi connectivity index (χ1) is 17.5. The van der Waals surface area contributed by atoms with Crippen LogP contribution in [0.25, 0.3) is 11.1 Å². The molecule has 1 heterocycles. The van der Waals surface area contributed by atoms with E-state index in [-0.39, 0.29) is 12.3 Å². The Morgan fingerprint density at radius 2 is 1.70 bits per heavy atom. The maximum absolute atomic E-state index is 13.2. The van der Waals surface area contributed by atoms with Crippen molar-refractivity contribution < 1.29 is 32.0 Å². The number of carbonyl (C=O) groups excluding carboxylic acids is 3. The number of aromatic nitrogens is 1. The summed E-state index contributed by atoms with van der Waals surface area (Å²) in [5, 5.41) is 4.98. The number of ether oxygens (including phenoxy) is 1. The van der Waals surface area contributed by atoms with E-state index in [1.165, 1.54) is 26.1 Å². The number of para-hydroxylation sites is 3. The van der Waals surface area contributed by atoms with Gasteiger partial charge in [0.1, 0.15) is 17.3 Å². The first-order valence-electron chi connectivity index (χ1n) is 11.5. The van der Waals surface area contributed by atoms with Crippen molar-refractivity contribution in [1.82, 2.24) is 20.5 Å². The third kappa shape index (κ3) is 7.06. The highest BCUT2D eigenvalue weighted by Crippen LogP contribution is 2.21. The van der Waals surface area contributed by atoms with Crippen molar-refractivity contribution in [3.05, 3.63) is 60.0 Å². The first-order valence-corrected chi connectivity index (χ1v) is 13.4. The number of carbonyl (C=O) groups is 3. The van der Waals surface area contributed by atoms with Gasteiger partial charge in [0.2, 0.25) is 11.7 Å². The van der Waals surface area contributed by atoms with E-state index < -0.39 is 51.1 Å². The first kappa shape index (κ1) is 27.7. The summed E-state index contributed by atoms with van der Waals surface area (Å²) >= 11 is 0. The van der Waals surface area contributed by atoms with Gasteiger partial charge >= 0.3 is 6.03 Å². The van der Waals surface area contributed by atoms with Gasteiger partial charge in [0.05, 0.1) is 24.7 Å². The Morgan fingerprint density at radius 1 is 1.03 bits per heavy atom. The molecule has 0 radical (unpaired) electrons. The van der Waals surface area contributed by atoms with Crippen molar-refractivity contribution >= 4 is 38.7 Å². The van der Waals surface area contributed by atoms with Crippen LogP contribution < -0.4 is 15.4 Å². The van der Waals surface area contributed by atoms with Crippen molar-refractivity contribution in [2.75, 3.05) is 27.0 Å². The molecule has 2 unspecified atom stereocenters. The number of benzene rings is 2. The van der Waals surface area contributed by atoms with Crippen LogP contribution in [0.15, 0.2) is 52.9 Å². The summed E-state index contributed by atoms with van der Waals surface area (Å²) in [7, 11) is 0.439. The van der Waals surface area contributed by atoms with Crippen LogP contribution in [0.1, 0.15) is 29.6 Å². The zero-order valence-electron chi connectivity index (χ0n) is 21.1. The SMILES string of the molecule is CCC(NC(=O)C(CS(=O)(=O)Cc1ccccc1OC)NC(=O)N(C)C)C(=O)c1nc2ccccc2o1. The van der Waals surface area contributed by atoms with E-state index in [2.05, 4.69) is 15.6 Å². The Morgan fingerprint density at radius 3 is 2.35 bits per heavy atom. The average Bonchev–Trinajstić information content (AvgIpc) is 3.30. The molecular weight excluding hydrogens is 500 g/mol. The van der Waals surface area contributed by atoms with Crippen LogP contribution in [-0.2, 0) is 20.4 Å². The third-order valence-electron chi connectivity index (χ3n) is 5.55. The molecule has 0 fully saturated rings. The molecule has 11 nitrogen and oxygen atoms in total. The number of hydrogen-bond acceptors (Lipinski definition) is 8. The lowest BCUT2D eigenvalue weighted by molar-refractivity contribution is -0.123. The minimum atomic E-state index is -3.90. The fourth-order valence-corrected chi connectivity index (χ4v) is 5.16. The van der Waals surface area contributed by atoms with Crippen LogP contribution in [0.3, 0.4) is 0 Å². The number of nitrogens with zero attached hydrogens (tertiary/aromatic N) is 2. The van der Waals surface area contributed by atoms with Crippen LogP contribution in [0.5, 0.6) is 5.75 Å². The Bertz CT molecular complexity index is 1350. The summed E-state index contributed by atoms with van der Waals surface area (Å²) in [6.45, 7) is 1.68. The number of methoxy groups -OCH3 is 1. The molecule has 3 amide bonds. The molecule has 2 aromatic carbocycles. The van der Waals surface area contributed by atoms with Crippen molar-refractivity contribution in [2.45, 2.75) is 31.2 Å². The molecule has 37 heavy (non-hydrogen) atoms. The second-order valence-electron chi connectivity index (χ2n) is 8.58. The zero-order chi connectivity index (χ0) is 27.2. The number of fused-ring (bicyclic) bond motifs is 1. The summed E-state index contributed by atoms with van der Waals surface area (Å²) in [5.74, 6) is -2.27. The van der Waals surface area contributed by atoms with Gasteiger partial charge in [-0.15, -0.1) is 0 Å². The van der Waals surface area contributed by atoms with Crippen LogP contribution in [0.2, 0.25) is 0 Å². The molecule has 3 rings (SSSR count). The topological polar surface area (TPSA) is 148 Å². The summed E-state index contributed by atoms with van der Waals surface area (Å²) < 4.78 is 36.9. The van der Waals surface area contributed by atoms with Crippen LogP contribution in [-0.4, -0.2) is 75.1 Å². The number of amides is 3. The smallest absolute Gasteiger partial charge is 0.317 e. The molecule has 0 bridgehead atoms. The summed E-state index contributed by atoms with van der Waals surface area (Å²) in [6.07, 6.45) is 0.186. The molecule has 0 aliphatic rings. The normalized spacial score (nSPS) is 13.0. The second-order valence-corrected chi connectivity index (χ2v) is 10.7. The molecular formula is C25H30N4O7S. The van der Waals surface area contributed by atoms with Gasteiger partial charge in [-0.05, 0) is 24.6 Å². The Balaban J connectivity index is 1.80.